The minimum atomic E-state index is -0.883. The van der Waals surface area contributed by atoms with Gasteiger partial charge in [-0.25, -0.2) is 9.59 Å². The van der Waals surface area contributed by atoms with Crippen LogP contribution >= 0.6 is 0 Å². The Kier molecular flexibility index (Phi) is 13.0. The summed E-state index contributed by atoms with van der Waals surface area (Å²) in [6.45, 7) is 8.07. The van der Waals surface area contributed by atoms with Crippen molar-refractivity contribution >= 4 is 24.1 Å². The summed E-state index contributed by atoms with van der Waals surface area (Å²) >= 11 is 0. The van der Waals surface area contributed by atoms with Crippen molar-refractivity contribution < 1.29 is 38.1 Å². The third-order valence-electron chi connectivity index (χ3n) is 9.48. The summed E-state index contributed by atoms with van der Waals surface area (Å²) in [4.78, 5) is 56.0. The molecule has 5 rings (SSSR count). The molecular weight excluding hydrogens is 660 g/mol. The van der Waals surface area contributed by atoms with E-state index in [1.54, 1.807) is 0 Å². The van der Waals surface area contributed by atoms with Crippen LogP contribution in [0.25, 0.3) is 0 Å². The Balaban J connectivity index is 1.15. The van der Waals surface area contributed by atoms with Gasteiger partial charge in [-0.15, -0.1) is 0 Å². The lowest BCUT2D eigenvalue weighted by Crippen LogP contribution is -2.46. The quantitative estimate of drug-likeness (QED) is 0.0942. The molecule has 4 aromatic rings. The van der Waals surface area contributed by atoms with Crippen LogP contribution in [-0.2, 0) is 32.2 Å². The molecule has 52 heavy (non-hydrogen) atoms. The Bertz CT molecular complexity index is 1650. The van der Waals surface area contributed by atoms with Gasteiger partial charge in [0, 0.05) is 25.2 Å². The molecule has 0 aliphatic heterocycles. The van der Waals surface area contributed by atoms with Gasteiger partial charge in [-0.05, 0) is 99.2 Å². The summed E-state index contributed by atoms with van der Waals surface area (Å²) in [7, 11) is 0. The van der Waals surface area contributed by atoms with Crippen LogP contribution in [0.2, 0.25) is 0 Å². The number of amides is 2. The van der Waals surface area contributed by atoms with E-state index in [0.29, 0.717) is 48.7 Å². The number of para-hydroxylation sites is 2. The van der Waals surface area contributed by atoms with Crippen molar-refractivity contribution in [2.24, 2.45) is 11.8 Å². The first-order valence-corrected chi connectivity index (χ1v) is 17.8. The highest BCUT2D eigenvalue weighted by molar-refractivity contribution is 5.93. The molecule has 2 amide bonds. The standard InChI is InChI=1S/C42H46N2O8/c1-5-29(3)43(27-31-17-21-35(22-18-31)49-33-13-9-7-10-14-33)41(47)51-39(45)37-25-26-38(37)40(46)52-42(48)44(30(4)6-2)28-32-19-23-36(24-20-32)50-34-15-11-8-12-16-34/h7-24,29-30,37-38H,5-6,25-28H2,1-4H3/t29-,30-,37?,38?/m0/s1. The highest BCUT2D eigenvalue weighted by Gasteiger charge is 2.45. The van der Waals surface area contributed by atoms with Gasteiger partial charge < -0.3 is 28.7 Å². The van der Waals surface area contributed by atoms with Gasteiger partial charge in [0.2, 0.25) is 0 Å². The number of carbonyl (C=O) groups excluding carboxylic acids is 4. The first-order valence-electron chi connectivity index (χ1n) is 17.8. The number of benzene rings is 4. The number of carbonyl (C=O) groups is 4. The van der Waals surface area contributed by atoms with Crippen molar-refractivity contribution in [2.45, 2.75) is 78.6 Å². The van der Waals surface area contributed by atoms with Crippen molar-refractivity contribution in [1.29, 1.82) is 0 Å². The second-order valence-corrected chi connectivity index (χ2v) is 13.1. The van der Waals surface area contributed by atoms with Gasteiger partial charge in [0.15, 0.2) is 0 Å². The van der Waals surface area contributed by atoms with Gasteiger partial charge in [0.25, 0.3) is 0 Å². The van der Waals surface area contributed by atoms with Crippen LogP contribution in [0, 0.1) is 11.8 Å². The summed E-state index contributed by atoms with van der Waals surface area (Å²) in [5, 5.41) is 0. The van der Waals surface area contributed by atoms with Gasteiger partial charge in [0.05, 0.1) is 11.8 Å². The fraction of sp³-hybridized carbons (Fsp3) is 0.333. The van der Waals surface area contributed by atoms with E-state index in [1.807, 2.05) is 137 Å². The second kappa shape index (κ2) is 18.0. The fourth-order valence-corrected chi connectivity index (χ4v) is 5.71. The second-order valence-electron chi connectivity index (χ2n) is 13.1. The number of esters is 2. The zero-order chi connectivity index (χ0) is 37.0. The Labute approximate surface area is 305 Å². The minimum Gasteiger partial charge on any atom is -0.457 e. The maximum absolute atomic E-state index is 13.3. The predicted molar refractivity (Wildman–Crippen MR) is 196 cm³/mol. The first-order chi connectivity index (χ1) is 25.1. The first kappa shape index (κ1) is 37.6. The molecular formula is C42H46N2O8. The van der Waals surface area contributed by atoms with Gasteiger partial charge in [-0.1, -0.05) is 74.5 Å². The van der Waals surface area contributed by atoms with E-state index in [0.717, 1.165) is 11.1 Å². The molecule has 10 heteroatoms. The Hall–Kier alpha value is -5.64. The van der Waals surface area contributed by atoms with E-state index >= 15 is 0 Å². The lowest BCUT2D eigenvalue weighted by molar-refractivity contribution is -0.161. The van der Waals surface area contributed by atoms with E-state index in [1.165, 1.54) is 9.80 Å². The van der Waals surface area contributed by atoms with Crippen molar-refractivity contribution in [3.8, 4) is 23.0 Å². The highest BCUT2D eigenvalue weighted by Crippen LogP contribution is 2.37. The number of nitrogens with zero attached hydrogens (tertiary/aromatic N) is 2. The molecule has 272 valence electrons. The molecule has 1 aliphatic rings. The highest BCUT2D eigenvalue weighted by atomic mass is 16.6. The molecule has 0 N–H and O–H groups in total. The summed E-state index contributed by atoms with van der Waals surface area (Å²) in [5.74, 6) is -0.641. The molecule has 1 fully saturated rings. The van der Waals surface area contributed by atoms with Crippen molar-refractivity contribution in [3.05, 3.63) is 120 Å². The SMILES string of the molecule is CC[C@H](C)N(Cc1ccc(Oc2ccccc2)cc1)C(=O)OC(=O)C1CCC1C(=O)OC(=O)N(Cc1ccc(Oc2ccccc2)cc1)[C@@H](C)CC. The third-order valence-corrected chi connectivity index (χ3v) is 9.48. The number of rotatable bonds is 14. The van der Waals surface area contributed by atoms with Crippen LogP contribution in [-0.4, -0.2) is 46.0 Å². The number of ether oxygens (including phenoxy) is 4. The number of hydrogen-bond acceptors (Lipinski definition) is 8. The zero-order valence-corrected chi connectivity index (χ0v) is 30.1. The summed E-state index contributed by atoms with van der Waals surface area (Å²) < 4.78 is 22.4. The Morgan fingerprint density at radius 1 is 0.538 bits per heavy atom. The van der Waals surface area contributed by atoms with Crippen LogP contribution in [0.5, 0.6) is 23.0 Å². The lowest BCUT2D eigenvalue weighted by atomic mass is 9.74. The predicted octanol–water partition coefficient (Wildman–Crippen LogP) is 9.52. The average molecular weight is 707 g/mol. The maximum Gasteiger partial charge on any atom is 0.418 e. The topological polar surface area (TPSA) is 112 Å². The molecule has 4 atom stereocenters. The maximum atomic E-state index is 13.3. The molecule has 4 aromatic carbocycles. The minimum absolute atomic E-state index is 0.214. The van der Waals surface area contributed by atoms with Gasteiger partial charge in [-0.2, -0.15) is 0 Å². The molecule has 0 spiro atoms. The summed E-state index contributed by atoms with van der Waals surface area (Å²) in [5.41, 5.74) is 1.66. The van der Waals surface area contributed by atoms with Crippen LogP contribution < -0.4 is 9.47 Å². The molecule has 0 aromatic heterocycles. The van der Waals surface area contributed by atoms with Gasteiger partial charge in [-0.3, -0.25) is 9.59 Å². The molecule has 0 saturated heterocycles. The average Bonchev–Trinajstić information content (AvgIpc) is 3.13. The normalized spacial score (nSPS) is 16.0. The molecule has 1 aliphatic carbocycles. The summed E-state index contributed by atoms with van der Waals surface area (Å²) in [6.07, 6.45) is 0.385. The van der Waals surface area contributed by atoms with Crippen LogP contribution in [0.1, 0.15) is 64.5 Å². The molecule has 0 radical (unpaired) electrons. The van der Waals surface area contributed by atoms with Crippen LogP contribution in [0.15, 0.2) is 109 Å². The Morgan fingerprint density at radius 3 is 1.17 bits per heavy atom. The van der Waals surface area contributed by atoms with Crippen LogP contribution in [0.3, 0.4) is 0 Å². The zero-order valence-electron chi connectivity index (χ0n) is 30.1. The molecule has 2 unspecified atom stereocenters. The third kappa shape index (κ3) is 9.99. The largest absolute Gasteiger partial charge is 0.457 e. The summed E-state index contributed by atoms with van der Waals surface area (Å²) in [6, 6.07) is 33.1. The Morgan fingerprint density at radius 2 is 0.865 bits per heavy atom. The van der Waals surface area contributed by atoms with E-state index in [2.05, 4.69) is 0 Å². The van der Waals surface area contributed by atoms with E-state index in [9.17, 15) is 19.2 Å². The monoisotopic (exact) mass is 706 g/mol. The van der Waals surface area contributed by atoms with Crippen molar-refractivity contribution in [2.75, 3.05) is 0 Å². The van der Waals surface area contributed by atoms with E-state index in [4.69, 9.17) is 18.9 Å². The van der Waals surface area contributed by atoms with Crippen LogP contribution in [0.4, 0.5) is 9.59 Å². The van der Waals surface area contributed by atoms with E-state index in [-0.39, 0.29) is 25.2 Å². The van der Waals surface area contributed by atoms with E-state index < -0.39 is 36.0 Å². The van der Waals surface area contributed by atoms with Gasteiger partial charge >= 0.3 is 24.1 Å². The smallest absolute Gasteiger partial charge is 0.418 e. The molecule has 10 nitrogen and oxygen atoms in total. The molecule has 1 saturated carbocycles. The van der Waals surface area contributed by atoms with Gasteiger partial charge in [0.1, 0.15) is 23.0 Å². The van der Waals surface area contributed by atoms with Crippen molar-refractivity contribution in [3.63, 3.8) is 0 Å². The van der Waals surface area contributed by atoms with Crippen molar-refractivity contribution in [1.82, 2.24) is 9.80 Å². The molecule has 0 bridgehead atoms. The molecule has 0 heterocycles. The number of hydrogen-bond donors (Lipinski definition) is 0. The lowest BCUT2D eigenvalue weighted by Gasteiger charge is -2.34. The fourth-order valence-electron chi connectivity index (χ4n) is 5.71.